The van der Waals surface area contributed by atoms with Gasteiger partial charge in [0.15, 0.2) is 0 Å². The number of benzene rings is 8. The van der Waals surface area contributed by atoms with Crippen molar-refractivity contribution in [3.63, 3.8) is 0 Å². The topological polar surface area (TPSA) is 31.4 Å². The average Bonchev–Trinajstić information content (AvgIpc) is 3.89. The Kier molecular flexibility index (Phi) is 13.0. The van der Waals surface area contributed by atoms with Crippen molar-refractivity contribution in [2.24, 2.45) is 0 Å². The standard InChI is InChI=1S/C57H54N4O2P2/c1-44(62-64-58(50-35-19-7-20-36-50)54(46-27-11-3-12-28-46)55(47-29-13-4-14-30-47)59(64)51-37-21-8-22-38-51)43-45(2)63-65-60(52-39-23-9-24-40-52)56(48-31-15-5-16-32-48)57(49-33-17-6-18-34-49)61(65)53-41-25-10-26-42-53/h3-42,44-45,54-57H,43H2,1-2H3/t44-,45-,54+,55+,56+,57+/m1/s1. The van der Waals surface area contributed by atoms with Crippen molar-refractivity contribution in [3.05, 3.63) is 265 Å². The molecule has 8 aromatic carbocycles. The molecule has 0 spiro atoms. The Morgan fingerprint density at radius 2 is 0.492 bits per heavy atom. The van der Waals surface area contributed by atoms with Gasteiger partial charge in [0.2, 0.25) is 16.9 Å². The number of para-hydroxylation sites is 4. The summed E-state index contributed by atoms with van der Waals surface area (Å²) in [5.41, 5.74) is 9.52. The summed E-state index contributed by atoms with van der Waals surface area (Å²) in [6.45, 7) is 4.46. The summed E-state index contributed by atoms with van der Waals surface area (Å²) in [5, 5.41) is 0. The molecule has 0 bridgehead atoms. The lowest BCUT2D eigenvalue weighted by atomic mass is 9.92. The molecule has 10 rings (SSSR count). The number of hydrogen-bond donors (Lipinski definition) is 0. The SMILES string of the molecule is C[C@H](C[C@@H](C)OP1N(c2ccccc2)[C@@H](c2ccccc2)[C@H](c2ccccc2)N1c1ccccc1)OP1N(c2ccccc2)[C@@H](c2ccccc2)[C@H](c2ccccc2)N1c1ccccc1. The highest BCUT2D eigenvalue weighted by molar-refractivity contribution is 7.57. The molecule has 0 aromatic heterocycles. The molecule has 0 amide bonds. The predicted octanol–water partition coefficient (Wildman–Crippen LogP) is 15.7. The molecule has 8 aromatic rings. The van der Waals surface area contributed by atoms with Crippen LogP contribution in [0, 0.1) is 0 Å². The highest BCUT2D eigenvalue weighted by atomic mass is 31.2. The van der Waals surface area contributed by atoms with Crippen LogP contribution < -0.4 is 18.7 Å². The smallest absolute Gasteiger partial charge is 0.250 e. The lowest BCUT2D eigenvalue weighted by Gasteiger charge is -2.36. The summed E-state index contributed by atoms with van der Waals surface area (Å²) in [6.07, 6.45) is 0.358. The molecule has 6 nitrogen and oxygen atoms in total. The zero-order valence-corrected chi connectivity index (χ0v) is 38.6. The molecule has 2 fully saturated rings. The van der Waals surface area contributed by atoms with E-state index in [0.29, 0.717) is 6.42 Å². The molecule has 0 N–H and O–H groups in total. The molecule has 2 saturated heterocycles. The van der Waals surface area contributed by atoms with E-state index in [-0.39, 0.29) is 36.4 Å². The fourth-order valence-corrected chi connectivity index (χ4v) is 14.4. The van der Waals surface area contributed by atoms with Crippen LogP contribution in [0.1, 0.15) is 66.7 Å². The van der Waals surface area contributed by atoms with Gasteiger partial charge in [-0.25, -0.2) is 0 Å². The lowest BCUT2D eigenvalue weighted by Crippen LogP contribution is -2.26. The van der Waals surface area contributed by atoms with Crippen LogP contribution in [-0.4, -0.2) is 12.2 Å². The minimum Gasteiger partial charge on any atom is -0.319 e. The molecule has 2 heterocycles. The first-order valence-electron chi connectivity index (χ1n) is 22.6. The normalized spacial score (nSPS) is 20.0. The monoisotopic (exact) mass is 888 g/mol. The molecule has 324 valence electrons. The predicted molar refractivity (Wildman–Crippen MR) is 272 cm³/mol. The van der Waals surface area contributed by atoms with Crippen molar-refractivity contribution in [2.75, 3.05) is 18.7 Å². The van der Waals surface area contributed by atoms with Crippen molar-refractivity contribution < 1.29 is 9.05 Å². The molecular formula is C57H54N4O2P2. The molecule has 2 aliphatic rings. The van der Waals surface area contributed by atoms with Crippen LogP contribution in [0.4, 0.5) is 22.7 Å². The van der Waals surface area contributed by atoms with Crippen molar-refractivity contribution >= 4 is 39.6 Å². The Bertz CT molecular complexity index is 2310. The zero-order chi connectivity index (χ0) is 44.0. The maximum absolute atomic E-state index is 7.60. The first-order valence-corrected chi connectivity index (χ1v) is 25.0. The molecule has 6 atom stereocenters. The first-order chi connectivity index (χ1) is 32.1. The average molecular weight is 889 g/mol. The molecule has 0 saturated carbocycles. The van der Waals surface area contributed by atoms with E-state index in [0.717, 1.165) is 22.7 Å². The van der Waals surface area contributed by atoms with Crippen molar-refractivity contribution in [1.82, 2.24) is 0 Å². The highest BCUT2D eigenvalue weighted by Crippen LogP contribution is 2.69. The largest absolute Gasteiger partial charge is 0.319 e. The van der Waals surface area contributed by atoms with Gasteiger partial charge in [-0.1, -0.05) is 194 Å². The van der Waals surface area contributed by atoms with Crippen LogP contribution in [0.25, 0.3) is 0 Å². The molecule has 2 aliphatic heterocycles. The fraction of sp³-hybridized carbons (Fsp3) is 0.158. The lowest BCUT2D eigenvalue weighted by molar-refractivity contribution is 0.150. The van der Waals surface area contributed by atoms with Gasteiger partial charge in [0, 0.05) is 29.2 Å². The van der Waals surface area contributed by atoms with Gasteiger partial charge in [0.25, 0.3) is 0 Å². The van der Waals surface area contributed by atoms with E-state index < -0.39 is 16.9 Å². The maximum Gasteiger partial charge on any atom is 0.250 e. The van der Waals surface area contributed by atoms with Crippen LogP contribution in [0.5, 0.6) is 0 Å². The van der Waals surface area contributed by atoms with Gasteiger partial charge in [0.1, 0.15) is 0 Å². The summed E-state index contributed by atoms with van der Waals surface area (Å²) < 4.78 is 25.4. The van der Waals surface area contributed by atoms with E-state index in [2.05, 4.69) is 275 Å². The summed E-state index contributed by atoms with van der Waals surface area (Å²) in [5.74, 6) is 0. The van der Waals surface area contributed by atoms with E-state index >= 15 is 0 Å². The Morgan fingerprint density at radius 3 is 0.692 bits per heavy atom. The van der Waals surface area contributed by atoms with Gasteiger partial charge in [-0.2, -0.15) is 0 Å². The van der Waals surface area contributed by atoms with Crippen LogP contribution in [0.2, 0.25) is 0 Å². The summed E-state index contributed by atoms with van der Waals surface area (Å²) in [4.78, 5) is 0. The minimum absolute atomic E-state index is 0.0289. The van der Waals surface area contributed by atoms with Gasteiger partial charge >= 0.3 is 0 Å². The molecule has 65 heavy (non-hydrogen) atoms. The van der Waals surface area contributed by atoms with Crippen LogP contribution in [0.3, 0.4) is 0 Å². The minimum atomic E-state index is -1.41. The molecular weight excluding hydrogens is 835 g/mol. The van der Waals surface area contributed by atoms with Crippen molar-refractivity contribution in [1.29, 1.82) is 0 Å². The Morgan fingerprint density at radius 1 is 0.308 bits per heavy atom. The number of rotatable bonds is 14. The second kappa shape index (κ2) is 19.9. The van der Waals surface area contributed by atoms with Gasteiger partial charge < -0.3 is 27.7 Å². The summed E-state index contributed by atoms with van der Waals surface area (Å²) >= 11 is 0. The molecule has 8 heteroatoms. The van der Waals surface area contributed by atoms with Gasteiger partial charge in [-0.3, -0.25) is 0 Å². The number of anilines is 4. The molecule has 0 unspecified atom stereocenters. The van der Waals surface area contributed by atoms with Crippen molar-refractivity contribution in [3.8, 4) is 0 Å². The van der Waals surface area contributed by atoms with Crippen LogP contribution >= 0.6 is 16.9 Å². The third kappa shape index (κ3) is 8.93. The summed E-state index contributed by atoms with van der Waals surface area (Å²) in [7, 11) is -2.81. The van der Waals surface area contributed by atoms with E-state index in [1.54, 1.807) is 0 Å². The zero-order valence-electron chi connectivity index (χ0n) is 36.8. The van der Waals surface area contributed by atoms with Crippen LogP contribution in [0.15, 0.2) is 243 Å². The van der Waals surface area contributed by atoms with E-state index in [1.807, 2.05) is 0 Å². The maximum atomic E-state index is 7.60. The Hall–Kier alpha value is -6.26. The number of nitrogens with zero attached hydrogens (tertiary/aromatic N) is 4. The van der Waals surface area contributed by atoms with E-state index in [1.165, 1.54) is 22.3 Å². The number of hydrogen-bond acceptors (Lipinski definition) is 6. The highest BCUT2D eigenvalue weighted by Gasteiger charge is 2.53. The molecule has 0 radical (unpaired) electrons. The first kappa shape index (κ1) is 42.7. The second-order valence-electron chi connectivity index (χ2n) is 16.7. The fourth-order valence-electron chi connectivity index (χ4n) is 9.50. The Labute approximate surface area is 387 Å². The van der Waals surface area contributed by atoms with Gasteiger partial charge in [0.05, 0.1) is 36.4 Å². The van der Waals surface area contributed by atoms with E-state index in [4.69, 9.17) is 9.05 Å². The third-order valence-corrected chi connectivity index (χ3v) is 16.7. The second-order valence-corrected chi connectivity index (χ2v) is 19.9. The van der Waals surface area contributed by atoms with Crippen molar-refractivity contribution in [2.45, 2.75) is 56.6 Å². The Balaban J connectivity index is 1.04. The quantitative estimate of drug-likeness (QED) is 0.101. The van der Waals surface area contributed by atoms with Gasteiger partial charge in [-0.05, 0) is 84.6 Å². The third-order valence-electron chi connectivity index (χ3n) is 12.2. The van der Waals surface area contributed by atoms with Crippen LogP contribution in [-0.2, 0) is 9.05 Å². The van der Waals surface area contributed by atoms with E-state index in [9.17, 15) is 0 Å². The van der Waals surface area contributed by atoms with Gasteiger partial charge in [-0.15, -0.1) is 0 Å². The molecule has 0 aliphatic carbocycles. The summed E-state index contributed by atoms with van der Waals surface area (Å²) in [6, 6.07) is 87.0.